The van der Waals surface area contributed by atoms with E-state index in [1.165, 1.54) is 0 Å². The van der Waals surface area contributed by atoms with Crippen molar-refractivity contribution in [2.45, 2.75) is 13.5 Å². The van der Waals surface area contributed by atoms with Crippen molar-refractivity contribution in [1.29, 1.82) is 0 Å². The van der Waals surface area contributed by atoms with Crippen LogP contribution in [-0.4, -0.2) is 21.9 Å². The second-order valence-electron chi connectivity index (χ2n) is 5.53. The van der Waals surface area contributed by atoms with E-state index in [1.54, 1.807) is 12.5 Å². The molecule has 1 heterocycles. The largest absolute Gasteiger partial charge is 0.396 e. The van der Waals surface area contributed by atoms with Gasteiger partial charge in [0.2, 0.25) is 0 Å². The van der Waals surface area contributed by atoms with Gasteiger partial charge in [-0.3, -0.25) is 0 Å². The van der Waals surface area contributed by atoms with Gasteiger partial charge >= 0.3 is 0 Å². The smallest absolute Gasteiger partial charge is 0.114 e. The predicted molar refractivity (Wildman–Crippen MR) is 104 cm³/mol. The average Bonchev–Trinajstić information content (AvgIpc) is 3.18. The maximum Gasteiger partial charge on any atom is 0.114 e. The molecule has 130 valence electrons. The molecule has 0 bridgehead atoms. The monoisotopic (exact) mass is 363 g/mol. The number of imidazole rings is 1. The number of halogens is 1. The molecule has 1 aromatic heterocycles. The Hall–Kier alpha value is -3.03. The number of rotatable bonds is 5. The molecule has 26 heavy (non-hydrogen) atoms. The van der Waals surface area contributed by atoms with Gasteiger partial charge in [-0.2, -0.15) is 0 Å². The van der Waals surface area contributed by atoms with E-state index in [9.17, 15) is 0 Å². The standard InChI is InChI=1S/C21H18ClN3O/c1-2-26-24-21(15-25-14-13-23-16-25)19-9-5-17(6-10-19)3-4-18-7-11-20(22)12-8-18/h5-14,16H,2,15H2,1H3/b24-21+. The van der Waals surface area contributed by atoms with Gasteiger partial charge in [0.05, 0.1) is 12.9 Å². The maximum atomic E-state index is 5.89. The Morgan fingerprint density at radius 2 is 1.73 bits per heavy atom. The van der Waals surface area contributed by atoms with Crippen molar-refractivity contribution in [3.05, 3.63) is 89.0 Å². The third-order valence-corrected chi connectivity index (χ3v) is 3.86. The molecule has 3 rings (SSSR count). The highest BCUT2D eigenvalue weighted by Crippen LogP contribution is 2.10. The SMILES string of the molecule is CCO/N=C(\Cn1ccnc1)c1ccc(C#Cc2ccc(Cl)cc2)cc1. The fourth-order valence-corrected chi connectivity index (χ4v) is 2.42. The van der Waals surface area contributed by atoms with E-state index in [0.29, 0.717) is 18.2 Å². The van der Waals surface area contributed by atoms with Gasteiger partial charge < -0.3 is 9.40 Å². The van der Waals surface area contributed by atoms with Crippen LogP contribution in [0.2, 0.25) is 5.02 Å². The van der Waals surface area contributed by atoms with Gasteiger partial charge in [-0.1, -0.05) is 40.7 Å². The Bertz CT molecular complexity index is 918. The molecule has 0 N–H and O–H groups in total. The molecule has 0 unspecified atom stereocenters. The Morgan fingerprint density at radius 3 is 2.31 bits per heavy atom. The zero-order chi connectivity index (χ0) is 18.2. The minimum atomic E-state index is 0.526. The van der Waals surface area contributed by atoms with E-state index in [-0.39, 0.29) is 0 Å². The molecule has 0 aliphatic carbocycles. The van der Waals surface area contributed by atoms with Crippen LogP contribution in [0.15, 0.2) is 72.4 Å². The van der Waals surface area contributed by atoms with E-state index in [4.69, 9.17) is 16.4 Å². The molecule has 0 saturated carbocycles. The first-order chi connectivity index (χ1) is 12.7. The summed E-state index contributed by atoms with van der Waals surface area (Å²) >= 11 is 5.89. The highest BCUT2D eigenvalue weighted by molar-refractivity contribution is 6.30. The van der Waals surface area contributed by atoms with Crippen LogP contribution < -0.4 is 0 Å². The summed E-state index contributed by atoms with van der Waals surface area (Å²) in [5.74, 6) is 6.29. The number of benzene rings is 2. The Balaban J connectivity index is 1.77. The summed E-state index contributed by atoms with van der Waals surface area (Å²) in [6.07, 6.45) is 5.40. The van der Waals surface area contributed by atoms with E-state index >= 15 is 0 Å². The number of hydrogen-bond acceptors (Lipinski definition) is 3. The first-order valence-electron chi connectivity index (χ1n) is 8.27. The molecule has 3 aromatic rings. The van der Waals surface area contributed by atoms with Crippen molar-refractivity contribution in [2.75, 3.05) is 6.61 Å². The average molecular weight is 364 g/mol. The molecule has 0 fully saturated rings. The molecule has 0 spiro atoms. The summed E-state index contributed by atoms with van der Waals surface area (Å²) in [4.78, 5) is 9.32. The summed E-state index contributed by atoms with van der Waals surface area (Å²) in [6.45, 7) is 3.03. The molecular formula is C21H18ClN3O. The number of aromatic nitrogens is 2. The van der Waals surface area contributed by atoms with Crippen LogP contribution >= 0.6 is 11.6 Å². The van der Waals surface area contributed by atoms with Crippen LogP contribution in [-0.2, 0) is 11.4 Å². The quantitative estimate of drug-likeness (QED) is 0.383. The minimum absolute atomic E-state index is 0.526. The molecule has 0 radical (unpaired) electrons. The van der Waals surface area contributed by atoms with Crippen LogP contribution in [0.1, 0.15) is 23.6 Å². The number of hydrogen-bond donors (Lipinski definition) is 0. The predicted octanol–water partition coefficient (Wildman–Crippen LogP) is 4.38. The third kappa shape index (κ3) is 4.98. The normalized spacial score (nSPS) is 10.9. The summed E-state index contributed by atoms with van der Waals surface area (Å²) in [5, 5.41) is 4.95. The van der Waals surface area contributed by atoms with Crippen LogP contribution in [0.5, 0.6) is 0 Å². The summed E-state index contributed by atoms with van der Waals surface area (Å²) in [6, 6.07) is 15.4. The van der Waals surface area contributed by atoms with Crippen LogP contribution in [0.3, 0.4) is 0 Å². The molecular weight excluding hydrogens is 346 g/mol. The Kier molecular flexibility index (Phi) is 6.08. The van der Waals surface area contributed by atoms with E-state index < -0.39 is 0 Å². The van der Waals surface area contributed by atoms with Gasteiger partial charge in [0.25, 0.3) is 0 Å². The van der Waals surface area contributed by atoms with Gasteiger partial charge in [0.1, 0.15) is 12.3 Å². The Morgan fingerprint density at radius 1 is 1.08 bits per heavy atom. The molecule has 0 aliphatic heterocycles. The lowest BCUT2D eigenvalue weighted by Crippen LogP contribution is -2.11. The molecule has 0 saturated heterocycles. The minimum Gasteiger partial charge on any atom is -0.396 e. The molecule has 0 amide bonds. The topological polar surface area (TPSA) is 39.4 Å². The van der Waals surface area contributed by atoms with E-state index in [0.717, 1.165) is 22.4 Å². The summed E-state index contributed by atoms with van der Waals surface area (Å²) in [5.41, 5.74) is 3.69. The first-order valence-corrected chi connectivity index (χ1v) is 8.65. The molecule has 2 aromatic carbocycles. The highest BCUT2D eigenvalue weighted by Gasteiger charge is 2.06. The maximum absolute atomic E-state index is 5.89. The van der Waals surface area contributed by atoms with Gasteiger partial charge in [-0.05, 0) is 43.3 Å². The number of nitrogens with zero attached hydrogens (tertiary/aromatic N) is 3. The molecule has 5 heteroatoms. The molecule has 0 atom stereocenters. The van der Waals surface area contributed by atoms with Crippen molar-refractivity contribution < 1.29 is 4.84 Å². The lowest BCUT2D eigenvalue weighted by molar-refractivity contribution is 0.158. The van der Waals surface area contributed by atoms with Gasteiger partial charge in [-0.25, -0.2) is 4.98 Å². The zero-order valence-corrected chi connectivity index (χ0v) is 15.1. The Labute approximate surface area is 158 Å². The van der Waals surface area contributed by atoms with E-state index in [1.807, 2.05) is 66.2 Å². The molecule has 0 aliphatic rings. The van der Waals surface area contributed by atoms with Gasteiger partial charge in [-0.15, -0.1) is 0 Å². The van der Waals surface area contributed by atoms with Gasteiger partial charge in [0.15, 0.2) is 0 Å². The summed E-state index contributed by atoms with van der Waals surface area (Å²) in [7, 11) is 0. The van der Waals surface area contributed by atoms with Crippen molar-refractivity contribution in [3.8, 4) is 11.8 Å². The van der Waals surface area contributed by atoms with Gasteiger partial charge in [0, 0.05) is 34.1 Å². The highest BCUT2D eigenvalue weighted by atomic mass is 35.5. The lowest BCUT2D eigenvalue weighted by atomic mass is 10.1. The van der Waals surface area contributed by atoms with Crippen LogP contribution in [0.4, 0.5) is 0 Å². The van der Waals surface area contributed by atoms with E-state index in [2.05, 4.69) is 22.0 Å². The van der Waals surface area contributed by atoms with Crippen LogP contribution in [0.25, 0.3) is 0 Å². The van der Waals surface area contributed by atoms with Crippen molar-refractivity contribution in [1.82, 2.24) is 9.55 Å². The summed E-state index contributed by atoms with van der Waals surface area (Å²) < 4.78 is 1.95. The van der Waals surface area contributed by atoms with Crippen molar-refractivity contribution in [3.63, 3.8) is 0 Å². The second kappa shape index (κ2) is 8.89. The lowest BCUT2D eigenvalue weighted by Gasteiger charge is -2.07. The molecule has 4 nitrogen and oxygen atoms in total. The van der Waals surface area contributed by atoms with Crippen LogP contribution in [0, 0.1) is 11.8 Å². The first kappa shape index (κ1) is 17.8. The fraction of sp³-hybridized carbons (Fsp3) is 0.143. The zero-order valence-electron chi connectivity index (χ0n) is 14.4. The fourth-order valence-electron chi connectivity index (χ4n) is 2.29. The number of oxime groups is 1. The third-order valence-electron chi connectivity index (χ3n) is 3.61. The second-order valence-corrected chi connectivity index (χ2v) is 5.96. The van der Waals surface area contributed by atoms with Crippen molar-refractivity contribution >= 4 is 17.3 Å². The van der Waals surface area contributed by atoms with Crippen molar-refractivity contribution in [2.24, 2.45) is 5.16 Å².